The van der Waals surface area contributed by atoms with Crippen molar-refractivity contribution in [1.29, 1.82) is 0 Å². The van der Waals surface area contributed by atoms with E-state index in [1.807, 2.05) is 0 Å². The molecule has 0 fully saturated rings. The van der Waals surface area contributed by atoms with Crippen LogP contribution in [-0.2, 0) is 26.5 Å². The maximum Gasteiger partial charge on any atom is 0.333 e. The van der Waals surface area contributed by atoms with E-state index < -0.39 is 19.7 Å². The quantitative estimate of drug-likeness (QED) is 0.761. The van der Waals surface area contributed by atoms with Crippen molar-refractivity contribution in [1.82, 2.24) is 4.98 Å². The monoisotopic (exact) mass is 321 g/mol. The molecule has 0 bridgehead atoms. The predicted molar refractivity (Wildman–Crippen MR) is 80.4 cm³/mol. The Bertz CT molecular complexity index is 662. The highest BCUT2D eigenvalue weighted by Gasteiger charge is 2.30. The molecule has 1 aromatic heterocycles. The third-order valence-electron chi connectivity index (χ3n) is 2.96. The average molecular weight is 321 g/mol. The van der Waals surface area contributed by atoms with Crippen molar-refractivity contribution in [2.75, 3.05) is 0 Å². The summed E-state index contributed by atoms with van der Waals surface area (Å²) in [5.41, 5.74) is 1.28. The molecule has 0 aliphatic carbocycles. The third-order valence-corrected chi connectivity index (χ3v) is 4.31. The van der Waals surface area contributed by atoms with Gasteiger partial charge in [0, 0.05) is 18.8 Å². The molecule has 1 heterocycles. The molecule has 0 amide bonds. The lowest BCUT2D eigenvalue weighted by molar-refractivity contribution is -0.145. The van der Waals surface area contributed by atoms with Gasteiger partial charge in [-0.3, -0.25) is 14.1 Å². The van der Waals surface area contributed by atoms with Gasteiger partial charge in [0.2, 0.25) is 0 Å². The Labute approximate surface area is 127 Å². The SMILES string of the molecule is O=C(O)C(Cc1ccncc1)OP(=O)(O)Cc1ccccc1. The molecule has 2 unspecified atom stereocenters. The molecule has 1 aromatic carbocycles. The summed E-state index contributed by atoms with van der Waals surface area (Å²) in [7, 11) is -4.06. The molecular formula is C15H16NO5P. The first kappa shape index (κ1) is 16.4. The van der Waals surface area contributed by atoms with Crippen LogP contribution >= 0.6 is 7.60 Å². The fourth-order valence-electron chi connectivity index (χ4n) is 1.95. The lowest BCUT2D eigenvalue weighted by atomic mass is 10.1. The van der Waals surface area contributed by atoms with Crippen LogP contribution in [0.1, 0.15) is 11.1 Å². The number of hydrogen-bond acceptors (Lipinski definition) is 4. The molecule has 2 atom stereocenters. The van der Waals surface area contributed by atoms with Crippen molar-refractivity contribution in [2.45, 2.75) is 18.7 Å². The van der Waals surface area contributed by atoms with Crippen LogP contribution in [0.25, 0.3) is 0 Å². The van der Waals surface area contributed by atoms with E-state index in [0.29, 0.717) is 11.1 Å². The van der Waals surface area contributed by atoms with E-state index in [9.17, 15) is 19.4 Å². The van der Waals surface area contributed by atoms with Gasteiger partial charge in [0.15, 0.2) is 6.10 Å². The van der Waals surface area contributed by atoms with Crippen LogP contribution in [0.3, 0.4) is 0 Å². The zero-order chi connectivity index (χ0) is 16.0. The normalized spacial score (nSPS) is 15.0. The highest BCUT2D eigenvalue weighted by molar-refractivity contribution is 7.52. The van der Waals surface area contributed by atoms with Gasteiger partial charge in [-0.15, -0.1) is 0 Å². The molecule has 0 aliphatic rings. The van der Waals surface area contributed by atoms with Crippen LogP contribution in [0.15, 0.2) is 54.9 Å². The standard InChI is InChI=1S/C15H16NO5P/c17-15(18)14(10-12-6-8-16-9-7-12)21-22(19,20)11-13-4-2-1-3-5-13/h1-9,14H,10-11H2,(H,17,18)(H,19,20). The van der Waals surface area contributed by atoms with Gasteiger partial charge in [-0.25, -0.2) is 4.79 Å². The van der Waals surface area contributed by atoms with Crippen molar-refractivity contribution in [3.05, 3.63) is 66.0 Å². The summed E-state index contributed by atoms with van der Waals surface area (Å²) in [5, 5.41) is 9.19. The molecule has 0 radical (unpaired) electrons. The summed E-state index contributed by atoms with van der Waals surface area (Å²) in [5.74, 6) is -1.28. The first-order valence-electron chi connectivity index (χ1n) is 6.62. The first-order chi connectivity index (χ1) is 10.5. The smallest absolute Gasteiger partial charge is 0.333 e. The summed E-state index contributed by atoms with van der Waals surface area (Å²) in [6, 6.07) is 11.9. The maximum atomic E-state index is 12.1. The van der Waals surface area contributed by atoms with Crippen LogP contribution in [-0.4, -0.2) is 27.1 Å². The number of hydrogen-bond donors (Lipinski definition) is 2. The fourth-order valence-corrected chi connectivity index (χ4v) is 3.26. The third kappa shape index (κ3) is 5.07. The zero-order valence-electron chi connectivity index (χ0n) is 11.7. The van der Waals surface area contributed by atoms with Gasteiger partial charge in [0.1, 0.15) is 0 Å². The van der Waals surface area contributed by atoms with Gasteiger partial charge in [-0.2, -0.15) is 0 Å². The predicted octanol–water partition coefficient (Wildman–Crippen LogP) is 2.48. The minimum Gasteiger partial charge on any atom is -0.479 e. The Morgan fingerprint density at radius 3 is 2.36 bits per heavy atom. The number of pyridine rings is 1. The Kier molecular flexibility index (Phi) is 5.44. The summed E-state index contributed by atoms with van der Waals surface area (Å²) in [6.45, 7) is 0. The maximum absolute atomic E-state index is 12.1. The van der Waals surface area contributed by atoms with E-state index in [1.54, 1.807) is 42.5 Å². The molecule has 2 aromatic rings. The molecule has 0 saturated carbocycles. The van der Waals surface area contributed by atoms with Gasteiger partial charge < -0.3 is 10.00 Å². The second-order valence-corrected chi connectivity index (χ2v) is 6.57. The van der Waals surface area contributed by atoms with Gasteiger partial charge in [-0.1, -0.05) is 30.3 Å². The largest absolute Gasteiger partial charge is 0.479 e. The lowest BCUT2D eigenvalue weighted by Crippen LogP contribution is -2.25. The molecule has 0 spiro atoms. The number of carboxylic acid groups (broad SMARTS) is 1. The average Bonchev–Trinajstić information content (AvgIpc) is 2.48. The second kappa shape index (κ2) is 7.31. The van der Waals surface area contributed by atoms with Gasteiger partial charge in [0.25, 0.3) is 0 Å². The Hall–Kier alpha value is -2.01. The molecule has 2 rings (SSSR count). The van der Waals surface area contributed by atoms with Gasteiger partial charge in [0.05, 0.1) is 6.16 Å². The second-order valence-electron chi connectivity index (χ2n) is 4.77. The number of rotatable bonds is 7. The molecule has 2 N–H and O–H groups in total. The van der Waals surface area contributed by atoms with Crippen molar-refractivity contribution < 1.29 is 23.9 Å². The van der Waals surface area contributed by atoms with Crippen molar-refractivity contribution >= 4 is 13.6 Å². The summed E-state index contributed by atoms with van der Waals surface area (Å²) < 4.78 is 17.1. The van der Waals surface area contributed by atoms with Crippen molar-refractivity contribution in [3.8, 4) is 0 Å². The Morgan fingerprint density at radius 2 is 1.77 bits per heavy atom. The number of benzene rings is 1. The number of nitrogens with zero attached hydrogens (tertiary/aromatic N) is 1. The van der Waals surface area contributed by atoms with E-state index in [4.69, 9.17) is 4.52 Å². The van der Waals surface area contributed by atoms with E-state index in [2.05, 4.69) is 4.98 Å². The van der Waals surface area contributed by atoms with Gasteiger partial charge in [-0.05, 0) is 23.3 Å². The lowest BCUT2D eigenvalue weighted by Gasteiger charge is -2.18. The first-order valence-corrected chi connectivity index (χ1v) is 8.38. The zero-order valence-corrected chi connectivity index (χ0v) is 12.6. The fraction of sp³-hybridized carbons (Fsp3) is 0.200. The van der Waals surface area contributed by atoms with Gasteiger partial charge >= 0.3 is 13.6 Å². The minimum atomic E-state index is -4.06. The minimum absolute atomic E-state index is 0.00278. The molecule has 0 aliphatic heterocycles. The molecule has 22 heavy (non-hydrogen) atoms. The molecular weight excluding hydrogens is 305 g/mol. The topological polar surface area (TPSA) is 96.7 Å². The summed E-state index contributed by atoms with van der Waals surface area (Å²) in [6.07, 6.45) is 1.43. The van der Waals surface area contributed by atoms with E-state index in [1.165, 1.54) is 12.4 Å². The van der Waals surface area contributed by atoms with Crippen LogP contribution in [0, 0.1) is 0 Å². The summed E-state index contributed by atoms with van der Waals surface area (Å²) in [4.78, 5) is 25.0. The molecule has 6 nitrogen and oxygen atoms in total. The molecule has 116 valence electrons. The highest BCUT2D eigenvalue weighted by atomic mass is 31.2. The number of aliphatic carboxylic acids is 1. The number of carboxylic acids is 1. The van der Waals surface area contributed by atoms with Crippen LogP contribution in [0.4, 0.5) is 0 Å². The van der Waals surface area contributed by atoms with E-state index in [-0.39, 0.29) is 12.6 Å². The Morgan fingerprint density at radius 1 is 1.14 bits per heavy atom. The molecule has 7 heteroatoms. The Balaban J connectivity index is 2.06. The van der Waals surface area contributed by atoms with Crippen LogP contribution in [0.5, 0.6) is 0 Å². The number of aromatic nitrogens is 1. The van der Waals surface area contributed by atoms with E-state index in [0.717, 1.165) is 0 Å². The van der Waals surface area contributed by atoms with Crippen LogP contribution in [0.2, 0.25) is 0 Å². The van der Waals surface area contributed by atoms with Crippen LogP contribution < -0.4 is 0 Å². The molecule has 0 saturated heterocycles. The van der Waals surface area contributed by atoms with E-state index >= 15 is 0 Å². The van der Waals surface area contributed by atoms with Crippen molar-refractivity contribution in [2.24, 2.45) is 0 Å². The number of carbonyl (C=O) groups is 1. The highest BCUT2D eigenvalue weighted by Crippen LogP contribution is 2.47. The summed E-state index contributed by atoms with van der Waals surface area (Å²) >= 11 is 0. The van der Waals surface area contributed by atoms with Crippen molar-refractivity contribution in [3.63, 3.8) is 0 Å².